The Morgan fingerprint density at radius 2 is 2.33 bits per heavy atom. The summed E-state index contributed by atoms with van der Waals surface area (Å²) in [6, 6.07) is 1.46. The molecule has 0 amide bonds. The summed E-state index contributed by atoms with van der Waals surface area (Å²) in [5.74, 6) is 0. The number of nitrogens with one attached hydrogen (secondary N) is 1. The summed E-state index contributed by atoms with van der Waals surface area (Å²) in [4.78, 5) is 19.1. The lowest BCUT2D eigenvalue weighted by Gasteiger charge is -1.99. The molecule has 0 fully saturated rings. The van der Waals surface area contributed by atoms with Crippen LogP contribution < -0.4 is 5.56 Å². The number of thioether (sulfide) groups is 1. The van der Waals surface area contributed by atoms with Crippen molar-refractivity contribution >= 4 is 23.3 Å². The van der Waals surface area contributed by atoms with E-state index in [2.05, 4.69) is 19.6 Å². The summed E-state index contributed by atoms with van der Waals surface area (Å²) in [5.41, 5.74) is 1.28. The van der Waals surface area contributed by atoms with Gasteiger partial charge in [-0.05, 0) is 24.7 Å². The van der Waals surface area contributed by atoms with Gasteiger partial charge in [-0.25, -0.2) is 4.98 Å². The molecule has 0 aromatic carbocycles. The van der Waals surface area contributed by atoms with Crippen LogP contribution in [0.5, 0.6) is 0 Å². The molecule has 2 heterocycles. The van der Waals surface area contributed by atoms with Gasteiger partial charge in [0.1, 0.15) is 0 Å². The van der Waals surface area contributed by atoms with Gasteiger partial charge in [0.05, 0.1) is 16.3 Å². The zero-order chi connectivity index (χ0) is 10.8. The Labute approximate surface area is 94.1 Å². The van der Waals surface area contributed by atoms with Gasteiger partial charge in [0.2, 0.25) is 0 Å². The normalized spacial score (nSPS) is 10.5. The topological polar surface area (TPSA) is 71.5 Å². The number of H-pyrrole nitrogens is 1. The summed E-state index contributed by atoms with van der Waals surface area (Å²) >= 11 is 2.64. The second-order valence-corrected chi connectivity index (χ2v) is 4.38. The summed E-state index contributed by atoms with van der Waals surface area (Å²) in [6.07, 6.45) is 1.86. The number of nitrogens with zero attached hydrogens (tertiary/aromatic N) is 3. The fourth-order valence-electron chi connectivity index (χ4n) is 1.11. The third kappa shape index (κ3) is 2.07. The molecule has 15 heavy (non-hydrogen) atoms. The molecule has 0 bridgehead atoms. The molecule has 0 saturated heterocycles. The van der Waals surface area contributed by atoms with Crippen LogP contribution in [0.15, 0.2) is 16.0 Å². The zero-order valence-corrected chi connectivity index (χ0v) is 9.78. The minimum Gasteiger partial charge on any atom is -0.301 e. The summed E-state index contributed by atoms with van der Waals surface area (Å²) in [5, 5.41) is 4.49. The van der Waals surface area contributed by atoms with Crippen molar-refractivity contribution in [3.05, 3.63) is 22.1 Å². The minimum absolute atomic E-state index is 0.155. The van der Waals surface area contributed by atoms with E-state index in [0.717, 1.165) is 10.6 Å². The highest BCUT2D eigenvalue weighted by Gasteiger charge is 2.09. The summed E-state index contributed by atoms with van der Waals surface area (Å²) < 4.78 is 3.82. The summed E-state index contributed by atoms with van der Waals surface area (Å²) in [6.45, 7) is 1.85. The molecule has 0 radical (unpaired) electrons. The molecule has 0 aliphatic heterocycles. The number of rotatable bonds is 2. The van der Waals surface area contributed by atoms with E-state index in [1.54, 1.807) is 0 Å². The van der Waals surface area contributed by atoms with Crippen molar-refractivity contribution in [2.45, 2.75) is 12.1 Å². The van der Waals surface area contributed by atoms with Crippen LogP contribution >= 0.6 is 23.3 Å². The van der Waals surface area contributed by atoms with E-state index in [1.165, 1.54) is 29.4 Å². The zero-order valence-electron chi connectivity index (χ0n) is 8.14. The average molecular weight is 240 g/mol. The van der Waals surface area contributed by atoms with E-state index in [0.29, 0.717) is 10.9 Å². The lowest BCUT2D eigenvalue weighted by Crippen LogP contribution is -2.07. The molecule has 2 aromatic rings. The van der Waals surface area contributed by atoms with E-state index in [9.17, 15) is 4.79 Å². The van der Waals surface area contributed by atoms with Crippen molar-refractivity contribution in [2.75, 3.05) is 6.26 Å². The van der Waals surface area contributed by atoms with E-state index in [-0.39, 0.29) is 5.56 Å². The van der Waals surface area contributed by atoms with Gasteiger partial charge in [-0.15, -0.1) is 5.10 Å². The first kappa shape index (κ1) is 10.3. The summed E-state index contributed by atoms with van der Waals surface area (Å²) in [7, 11) is 0. The van der Waals surface area contributed by atoms with Crippen LogP contribution in [0.4, 0.5) is 0 Å². The molecule has 0 aliphatic carbocycles. The molecule has 78 valence electrons. The van der Waals surface area contributed by atoms with Gasteiger partial charge in [-0.1, -0.05) is 16.3 Å². The molecule has 2 rings (SSSR count). The quantitative estimate of drug-likeness (QED) is 0.633. The molecule has 0 atom stereocenters. The molecule has 7 heteroatoms. The van der Waals surface area contributed by atoms with Crippen LogP contribution in [0.2, 0.25) is 0 Å². The van der Waals surface area contributed by atoms with Gasteiger partial charge in [0.25, 0.3) is 5.56 Å². The van der Waals surface area contributed by atoms with Gasteiger partial charge in [0.15, 0.2) is 5.16 Å². The van der Waals surface area contributed by atoms with Crippen LogP contribution in [0.25, 0.3) is 10.6 Å². The van der Waals surface area contributed by atoms with Gasteiger partial charge in [-0.3, -0.25) is 4.79 Å². The van der Waals surface area contributed by atoms with Crippen LogP contribution in [0, 0.1) is 6.92 Å². The third-order valence-corrected chi connectivity index (χ3v) is 3.23. The van der Waals surface area contributed by atoms with E-state index in [1.807, 2.05) is 13.2 Å². The first-order chi connectivity index (χ1) is 7.20. The smallest absolute Gasteiger partial charge is 0.252 e. The largest absolute Gasteiger partial charge is 0.301 e. The minimum atomic E-state index is -0.155. The van der Waals surface area contributed by atoms with Crippen molar-refractivity contribution in [3.63, 3.8) is 0 Å². The van der Waals surface area contributed by atoms with Crippen LogP contribution in [-0.2, 0) is 0 Å². The Balaban J connectivity index is 2.58. The SMILES string of the molecule is CSc1nc(-c2snnc2C)cc(=O)[nH]1. The fourth-order valence-corrected chi connectivity index (χ4v) is 2.12. The van der Waals surface area contributed by atoms with E-state index < -0.39 is 0 Å². The van der Waals surface area contributed by atoms with Gasteiger partial charge in [0, 0.05) is 6.07 Å². The van der Waals surface area contributed by atoms with E-state index in [4.69, 9.17) is 0 Å². The average Bonchev–Trinajstić information content (AvgIpc) is 2.63. The molecule has 0 spiro atoms. The highest BCUT2D eigenvalue weighted by Crippen LogP contribution is 2.23. The van der Waals surface area contributed by atoms with Crippen molar-refractivity contribution in [1.29, 1.82) is 0 Å². The van der Waals surface area contributed by atoms with Crippen molar-refractivity contribution in [3.8, 4) is 10.6 Å². The monoisotopic (exact) mass is 240 g/mol. The fraction of sp³-hybridized carbons (Fsp3) is 0.250. The third-order valence-electron chi connectivity index (χ3n) is 1.80. The Hall–Kier alpha value is -1.21. The second kappa shape index (κ2) is 4.11. The highest BCUT2D eigenvalue weighted by molar-refractivity contribution is 7.98. The van der Waals surface area contributed by atoms with Crippen LogP contribution in [-0.4, -0.2) is 25.8 Å². The van der Waals surface area contributed by atoms with Gasteiger partial charge in [-0.2, -0.15) is 0 Å². The number of hydrogen-bond donors (Lipinski definition) is 1. The molecule has 0 saturated carbocycles. The Morgan fingerprint density at radius 1 is 1.53 bits per heavy atom. The standard InChI is InChI=1S/C8H8N4OS2/c1-4-7(15-12-11-4)5-3-6(13)10-8(9-5)14-2/h3H,1-2H3,(H,9,10,13). The maximum atomic E-state index is 11.3. The van der Waals surface area contributed by atoms with Crippen molar-refractivity contribution in [1.82, 2.24) is 19.6 Å². The van der Waals surface area contributed by atoms with Gasteiger partial charge < -0.3 is 4.98 Å². The lowest BCUT2D eigenvalue weighted by atomic mass is 10.3. The maximum Gasteiger partial charge on any atom is 0.252 e. The number of aromatic amines is 1. The number of aryl methyl sites for hydroxylation is 1. The van der Waals surface area contributed by atoms with Crippen molar-refractivity contribution < 1.29 is 0 Å². The highest BCUT2D eigenvalue weighted by atomic mass is 32.2. The Kier molecular flexibility index (Phi) is 2.83. The first-order valence-corrected chi connectivity index (χ1v) is 6.15. The predicted octanol–water partition coefficient (Wildman–Crippen LogP) is 1.32. The maximum absolute atomic E-state index is 11.3. The molecule has 1 N–H and O–H groups in total. The Bertz CT molecular complexity index is 533. The second-order valence-electron chi connectivity index (χ2n) is 2.83. The molecule has 0 aliphatic rings. The van der Waals surface area contributed by atoms with E-state index >= 15 is 0 Å². The molecular formula is C8H8N4OS2. The molecule has 5 nitrogen and oxygen atoms in total. The predicted molar refractivity (Wildman–Crippen MR) is 60.3 cm³/mol. The Morgan fingerprint density at radius 3 is 2.93 bits per heavy atom. The van der Waals surface area contributed by atoms with Crippen molar-refractivity contribution in [2.24, 2.45) is 0 Å². The first-order valence-electron chi connectivity index (χ1n) is 4.15. The van der Waals surface area contributed by atoms with Crippen LogP contribution in [0.3, 0.4) is 0 Å². The molecule has 0 unspecified atom stereocenters. The molecular weight excluding hydrogens is 232 g/mol. The van der Waals surface area contributed by atoms with Crippen LogP contribution in [0.1, 0.15) is 5.69 Å². The molecule has 2 aromatic heterocycles. The number of hydrogen-bond acceptors (Lipinski definition) is 6. The van der Waals surface area contributed by atoms with Gasteiger partial charge >= 0.3 is 0 Å². The number of aromatic nitrogens is 4. The lowest BCUT2D eigenvalue weighted by molar-refractivity contribution is 0.945.